The molecule has 0 saturated heterocycles. The van der Waals surface area contributed by atoms with Crippen LogP contribution in [0.4, 0.5) is 17.1 Å². The van der Waals surface area contributed by atoms with Gasteiger partial charge in [0.15, 0.2) is 0 Å². The maximum Gasteiger partial charge on any atom is 0.269 e. The summed E-state index contributed by atoms with van der Waals surface area (Å²) in [5.74, 6) is 0. The molecule has 0 aliphatic carbocycles. The summed E-state index contributed by atoms with van der Waals surface area (Å²) in [6, 6.07) is 14.3. The molecule has 0 spiro atoms. The molecular formula is C17H17N3O2. The van der Waals surface area contributed by atoms with Crippen molar-refractivity contribution >= 4 is 29.4 Å². The van der Waals surface area contributed by atoms with Crippen molar-refractivity contribution in [2.45, 2.75) is 0 Å². The predicted molar refractivity (Wildman–Crippen MR) is 91.1 cm³/mol. The lowest BCUT2D eigenvalue weighted by atomic mass is 10.2. The Balaban J connectivity index is 1.97. The summed E-state index contributed by atoms with van der Waals surface area (Å²) in [7, 11) is 4.00. The van der Waals surface area contributed by atoms with E-state index in [4.69, 9.17) is 0 Å². The van der Waals surface area contributed by atoms with Crippen LogP contribution in [0.25, 0.3) is 6.08 Å². The summed E-state index contributed by atoms with van der Waals surface area (Å²) >= 11 is 0. The van der Waals surface area contributed by atoms with Crippen LogP contribution in [-0.4, -0.2) is 25.2 Å². The highest BCUT2D eigenvalue weighted by Crippen LogP contribution is 2.17. The maximum atomic E-state index is 10.5. The Kier molecular flexibility index (Phi) is 5.03. The van der Waals surface area contributed by atoms with Crippen LogP contribution in [0.3, 0.4) is 0 Å². The third-order valence-corrected chi connectivity index (χ3v) is 3.07. The fraction of sp³-hybridized carbons (Fsp3) is 0.118. The molecule has 0 atom stereocenters. The Morgan fingerprint density at radius 2 is 1.68 bits per heavy atom. The van der Waals surface area contributed by atoms with Crippen molar-refractivity contribution in [2.75, 3.05) is 19.0 Å². The first kappa shape index (κ1) is 15.4. The van der Waals surface area contributed by atoms with E-state index < -0.39 is 4.92 Å². The summed E-state index contributed by atoms with van der Waals surface area (Å²) in [5.41, 5.74) is 2.98. The number of nitro benzene ring substituents is 1. The standard InChI is InChI=1S/C17H17N3O2/c1-19(2)16-9-5-14(6-10-16)4-3-13-18-15-7-11-17(12-8-15)20(21)22/h3-13H,1-2H3/b4-3+,18-13?. The molecule has 0 heterocycles. The Hall–Kier alpha value is -2.95. The molecule has 112 valence electrons. The van der Waals surface area contributed by atoms with E-state index in [1.807, 2.05) is 55.4 Å². The van der Waals surface area contributed by atoms with Gasteiger partial charge in [0.2, 0.25) is 0 Å². The number of benzene rings is 2. The SMILES string of the molecule is CN(C)c1ccc(/C=C/C=Nc2ccc([N+](=O)[O-])cc2)cc1. The maximum absolute atomic E-state index is 10.5. The van der Waals surface area contributed by atoms with Crippen molar-refractivity contribution in [1.82, 2.24) is 0 Å². The zero-order chi connectivity index (χ0) is 15.9. The van der Waals surface area contributed by atoms with Crippen molar-refractivity contribution in [2.24, 2.45) is 4.99 Å². The normalized spacial score (nSPS) is 11.2. The fourth-order valence-electron chi connectivity index (χ4n) is 1.83. The molecule has 0 aliphatic rings. The van der Waals surface area contributed by atoms with Gasteiger partial charge in [0.25, 0.3) is 5.69 Å². The molecule has 0 N–H and O–H groups in total. The van der Waals surface area contributed by atoms with Gasteiger partial charge in [0, 0.05) is 38.1 Å². The lowest BCUT2D eigenvalue weighted by molar-refractivity contribution is -0.384. The topological polar surface area (TPSA) is 58.7 Å². The first-order valence-corrected chi connectivity index (χ1v) is 6.79. The van der Waals surface area contributed by atoms with Gasteiger partial charge in [-0.1, -0.05) is 18.2 Å². The lowest BCUT2D eigenvalue weighted by Crippen LogP contribution is -2.07. The molecule has 0 fully saturated rings. The smallest absolute Gasteiger partial charge is 0.269 e. The van der Waals surface area contributed by atoms with Gasteiger partial charge in [-0.25, -0.2) is 0 Å². The third-order valence-electron chi connectivity index (χ3n) is 3.07. The number of nitro groups is 1. The van der Waals surface area contributed by atoms with Gasteiger partial charge in [-0.15, -0.1) is 0 Å². The monoisotopic (exact) mass is 295 g/mol. The molecule has 2 rings (SSSR count). The molecule has 5 nitrogen and oxygen atoms in total. The number of aliphatic imine (C=N–C) groups is 1. The van der Waals surface area contributed by atoms with Crippen molar-refractivity contribution < 1.29 is 4.92 Å². The van der Waals surface area contributed by atoms with E-state index in [0.717, 1.165) is 11.3 Å². The van der Waals surface area contributed by atoms with Crippen LogP contribution in [0.1, 0.15) is 5.56 Å². The second-order valence-corrected chi connectivity index (χ2v) is 4.90. The van der Waals surface area contributed by atoms with Crippen LogP contribution in [0.15, 0.2) is 59.6 Å². The Morgan fingerprint density at radius 3 is 2.23 bits per heavy atom. The minimum atomic E-state index is -0.426. The fourth-order valence-corrected chi connectivity index (χ4v) is 1.83. The van der Waals surface area contributed by atoms with Crippen LogP contribution in [-0.2, 0) is 0 Å². The molecular weight excluding hydrogens is 278 g/mol. The highest BCUT2D eigenvalue weighted by molar-refractivity contribution is 5.80. The molecule has 22 heavy (non-hydrogen) atoms. The van der Waals surface area contributed by atoms with Crippen molar-refractivity contribution in [3.05, 3.63) is 70.3 Å². The molecule has 0 saturated carbocycles. The lowest BCUT2D eigenvalue weighted by Gasteiger charge is -2.11. The second kappa shape index (κ2) is 7.17. The second-order valence-electron chi connectivity index (χ2n) is 4.90. The number of nitrogens with zero attached hydrogens (tertiary/aromatic N) is 3. The van der Waals surface area contributed by atoms with Crippen LogP contribution < -0.4 is 4.90 Å². The molecule has 0 bridgehead atoms. The van der Waals surface area contributed by atoms with Crippen molar-refractivity contribution in [1.29, 1.82) is 0 Å². The molecule has 2 aromatic carbocycles. The highest BCUT2D eigenvalue weighted by atomic mass is 16.6. The van der Waals surface area contributed by atoms with E-state index >= 15 is 0 Å². The summed E-state index contributed by atoms with van der Waals surface area (Å²) in [5, 5.41) is 10.5. The Labute approximate surface area is 129 Å². The van der Waals surface area contributed by atoms with Crippen molar-refractivity contribution in [3.8, 4) is 0 Å². The zero-order valence-electron chi connectivity index (χ0n) is 12.5. The predicted octanol–water partition coefficient (Wildman–Crippen LogP) is 4.08. The summed E-state index contributed by atoms with van der Waals surface area (Å²) in [4.78, 5) is 16.4. The highest BCUT2D eigenvalue weighted by Gasteiger charge is 2.02. The first-order chi connectivity index (χ1) is 10.6. The number of anilines is 1. The molecule has 0 amide bonds. The molecule has 0 aliphatic heterocycles. The molecule has 0 unspecified atom stereocenters. The van der Waals surface area contributed by atoms with Gasteiger partial charge in [0.1, 0.15) is 0 Å². The molecule has 0 radical (unpaired) electrons. The third kappa shape index (κ3) is 4.28. The van der Waals surface area contributed by atoms with E-state index in [0.29, 0.717) is 5.69 Å². The van der Waals surface area contributed by atoms with Crippen molar-refractivity contribution in [3.63, 3.8) is 0 Å². The van der Waals surface area contributed by atoms with Gasteiger partial charge in [-0.3, -0.25) is 15.1 Å². The van der Waals surface area contributed by atoms with E-state index in [2.05, 4.69) is 4.99 Å². The van der Waals surface area contributed by atoms with E-state index in [1.165, 1.54) is 12.1 Å². The van der Waals surface area contributed by atoms with E-state index in [9.17, 15) is 10.1 Å². The van der Waals surface area contributed by atoms with Crippen LogP contribution >= 0.6 is 0 Å². The largest absolute Gasteiger partial charge is 0.378 e. The average molecular weight is 295 g/mol. The quantitative estimate of drug-likeness (QED) is 0.474. The minimum Gasteiger partial charge on any atom is -0.378 e. The van der Waals surface area contributed by atoms with E-state index in [1.54, 1.807) is 18.3 Å². The molecule has 5 heteroatoms. The Bertz CT molecular complexity index is 687. The minimum absolute atomic E-state index is 0.0653. The number of hydrogen-bond donors (Lipinski definition) is 0. The van der Waals surface area contributed by atoms with Crippen LogP contribution in [0.5, 0.6) is 0 Å². The van der Waals surface area contributed by atoms with Gasteiger partial charge < -0.3 is 4.90 Å². The number of hydrogen-bond acceptors (Lipinski definition) is 4. The van der Waals surface area contributed by atoms with Gasteiger partial charge >= 0.3 is 0 Å². The Morgan fingerprint density at radius 1 is 1.05 bits per heavy atom. The summed E-state index contributed by atoms with van der Waals surface area (Å²) in [6.07, 6.45) is 5.46. The van der Waals surface area contributed by atoms with Crippen LogP contribution in [0.2, 0.25) is 0 Å². The number of rotatable bonds is 5. The van der Waals surface area contributed by atoms with Gasteiger partial charge in [-0.2, -0.15) is 0 Å². The number of allylic oxidation sites excluding steroid dienone is 1. The summed E-state index contributed by atoms with van der Waals surface area (Å²) < 4.78 is 0. The summed E-state index contributed by atoms with van der Waals surface area (Å²) in [6.45, 7) is 0. The van der Waals surface area contributed by atoms with Gasteiger partial charge in [0.05, 0.1) is 10.6 Å². The van der Waals surface area contributed by atoms with E-state index in [-0.39, 0.29) is 5.69 Å². The molecule has 0 aromatic heterocycles. The van der Waals surface area contributed by atoms with Gasteiger partial charge in [-0.05, 0) is 35.9 Å². The average Bonchev–Trinajstić information content (AvgIpc) is 2.52. The molecule has 2 aromatic rings. The number of non-ortho nitro benzene ring substituents is 1. The van der Waals surface area contributed by atoms with Crippen LogP contribution in [0, 0.1) is 10.1 Å². The first-order valence-electron chi connectivity index (χ1n) is 6.79. The zero-order valence-corrected chi connectivity index (χ0v) is 12.5.